The van der Waals surface area contributed by atoms with Crippen LogP contribution < -0.4 is 15.5 Å². The fraction of sp³-hybridized carbons (Fsp3) is 0.107. The van der Waals surface area contributed by atoms with Gasteiger partial charge in [-0.3, -0.25) is 9.59 Å². The van der Waals surface area contributed by atoms with E-state index < -0.39 is 0 Å². The predicted molar refractivity (Wildman–Crippen MR) is 140 cm³/mol. The quantitative estimate of drug-likeness (QED) is 0.227. The van der Waals surface area contributed by atoms with Gasteiger partial charge in [-0.25, -0.2) is 5.43 Å². The molecule has 0 aliphatic rings. The molecule has 4 aromatic carbocycles. The molecule has 0 saturated carbocycles. The number of fused-ring (bicyclic) bond motifs is 1. The van der Waals surface area contributed by atoms with E-state index in [9.17, 15) is 9.59 Å². The predicted octanol–water partition coefficient (Wildman–Crippen LogP) is 5.94. The number of carbonyl (C=O) groups is 2. The highest BCUT2D eigenvalue weighted by molar-refractivity contribution is 6.33. The lowest BCUT2D eigenvalue weighted by Crippen LogP contribution is -2.20. The second-order valence-electron chi connectivity index (χ2n) is 7.79. The Balaban J connectivity index is 1.39. The lowest BCUT2D eigenvalue weighted by Gasteiger charge is -2.12. The lowest BCUT2D eigenvalue weighted by molar-refractivity contribution is -0.124. The number of halogens is 1. The highest BCUT2D eigenvalue weighted by Gasteiger charge is 2.10. The molecule has 4 rings (SSSR count). The number of ether oxygens (including phenoxy) is 1. The standard InChI is InChI=1S/C28H24ClN3O3/c29-24-12-6-7-13-25(24)31-27(33)16-17-28(34)32-30-18-23-22-11-5-4-10-21(22)14-15-26(23)35-19-20-8-2-1-3-9-20/h1-15,18H,16-17,19H2,(H,31,33)(H,32,34). The third-order valence-electron chi connectivity index (χ3n) is 5.28. The van der Waals surface area contributed by atoms with Crippen LogP contribution in [0, 0.1) is 0 Å². The Hall–Kier alpha value is -4.16. The summed E-state index contributed by atoms with van der Waals surface area (Å²) in [6.07, 6.45) is 1.57. The number of para-hydroxylation sites is 1. The van der Waals surface area contributed by atoms with Crippen LogP contribution in [0.2, 0.25) is 5.02 Å². The summed E-state index contributed by atoms with van der Waals surface area (Å²) in [6.45, 7) is 0.410. The molecule has 6 nitrogen and oxygen atoms in total. The van der Waals surface area contributed by atoms with E-state index in [2.05, 4.69) is 15.8 Å². The van der Waals surface area contributed by atoms with Crippen LogP contribution in [0.25, 0.3) is 10.8 Å². The van der Waals surface area contributed by atoms with Gasteiger partial charge in [0.25, 0.3) is 0 Å². The molecule has 0 saturated heterocycles. The Morgan fingerprint density at radius 3 is 2.37 bits per heavy atom. The molecule has 0 bridgehead atoms. The SMILES string of the molecule is O=C(CCC(=O)Nc1ccccc1Cl)NN=Cc1c(OCc2ccccc2)ccc2ccccc12. The summed E-state index contributed by atoms with van der Waals surface area (Å²) in [5.74, 6) is -0.0184. The van der Waals surface area contributed by atoms with E-state index in [1.54, 1.807) is 30.5 Å². The molecule has 2 amide bonds. The molecule has 35 heavy (non-hydrogen) atoms. The monoisotopic (exact) mass is 485 g/mol. The van der Waals surface area contributed by atoms with Gasteiger partial charge in [-0.2, -0.15) is 5.10 Å². The summed E-state index contributed by atoms with van der Waals surface area (Å²) in [5, 5.41) is 9.25. The van der Waals surface area contributed by atoms with Crippen molar-refractivity contribution in [2.45, 2.75) is 19.4 Å². The van der Waals surface area contributed by atoms with Crippen LogP contribution in [-0.4, -0.2) is 18.0 Å². The third-order valence-corrected chi connectivity index (χ3v) is 5.61. The molecular weight excluding hydrogens is 462 g/mol. The Morgan fingerprint density at radius 2 is 1.54 bits per heavy atom. The lowest BCUT2D eigenvalue weighted by atomic mass is 10.0. The number of amides is 2. The molecular formula is C28H24ClN3O3. The van der Waals surface area contributed by atoms with Crippen LogP contribution in [0.1, 0.15) is 24.0 Å². The first-order valence-corrected chi connectivity index (χ1v) is 11.5. The van der Waals surface area contributed by atoms with Gasteiger partial charge in [0.05, 0.1) is 16.9 Å². The largest absolute Gasteiger partial charge is 0.488 e. The van der Waals surface area contributed by atoms with Crippen molar-refractivity contribution in [2.24, 2.45) is 5.10 Å². The molecule has 0 aliphatic heterocycles. The Kier molecular flexibility index (Phi) is 8.09. The van der Waals surface area contributed by atoms with Gasteiger partial charge in [-0.1, -0.05) is 84.4 Å². The Morgan fingerprint density at radius 1 is 0.829 bits per heavy atom. The second kappa shape index (κ2) is 11.8. The number of hydrogen-bond acceptors (Lipinski definition) is 4. The summed E-state index contributed by atoms with van der Waals surface area (Å²) in [5.41, 5.74) is 4.82. The van der Waals surface area contributed by atoms with E-state index in [1.807, 2.05) is 66.7 Å². The number of nitrogens with zero attached hydrogens (tertiary/aromatic N) is 1. The minimum Gasteiger partial charge on any atom is -0.488 e. The van der Waals surface area contributed by atoms with E-state index in [-0.39, 0.29) is 24.7 Å². The fourth-order valence-electron chi connectivity index (χ4n) is 3.50. The summed E-state index contributed by atoms with van der Waals surface area (Å²) in [4.78, 5) is 24.4. The number of hydrazone groups is 1. The summed E-state index contributed by atoms with van der Waals surface area (Å²) < 4.78 is 6.07. The molecule has 4 aromatic rings. The molecule has 0 heterocycles. The van der Waals surface area contributed by atoms with Crippen molar-refractivity contribution >= 4 is 46.1 Å². The molecule has 2 N–H and O–H groups in total. The van der Waals surface area contributed by atoms with Crippen LogP contribution >= 0.6 is 11.6 Å². The number of hydrogen-bond donors (Lipinski definition) is 2. The second-order valence-corrected chi connectivity index (χ2v) is 8.20. The maximum Gasteiger partial charge on any atom is 0.240 e. The van der Waals surface area contributed by atoms with Crippen LogP contribution in [0.4, 0.5) is 5.69 Å². The molecule has 7 heteroatoms. The number of rotatable bonds is 9. The first-order valence-electron chi connectivity index (χ1n) is 11.1. The van der Waals surface area contributed by atoms with Crippen molar-refractivity contribution in [3.05, 3.63) is 107 Å². The zero-order chi connectivity index (χ0) is 24.5. The molecule has 0 aliphatic carbocycles. The van der Waals surface area contributed by atoms with E-state index >= 15 is 0 Å². The average Bonchev–Trinajstić information content (AvgIpc) is 2.88. The highest BCUT2D eigenvalue weighted by atomic mass is 35.5. The number of anilines is 1. The van der Waals surface area contributed by atoms with Gasteiger partial charge in [0.15, 0.2) is 0 Å². The number of benzene rings is 4. The topological polar surface area (TPSA) is 79.8 Å². The van der Waals surface area contributed by atoms with Crippen molar-refractivity contribution in [3.63, 3.8) is 0 Å². The minimum absolute atomic E-state index is 0.00623. The summed E-state index contributed by atoms with van der Waals surface area (Å²) in [7, 11) is 0. The average molecular weight is 486 g/mol. The van der Waals surface area contributed by atoms with Crippen LogP contribution in [0.5, 0.6) is 5.75 Å². The molecule has 176 valence electrons. The van der Waals surface area contributed by atoms with Gasteiger partial charge >= 0.3 is 0 Å². The van der Waals surface area contributed by atoms with Crippen molar-refractivity contribution in [1.82, 2.24) is 5.43 Å². The van der Waals surface area contributed by atoms with Gasteiger partial charge in [0.1, 0.15) is 12.4 Å². The zero-order valence-electron chi connectivity index (χ0n) is 18.9. The van der Waals surface area contributed by atoms with E-state index in [4.69, 9.17) is 16.3 Å². The number of carbonyl (C=O) groups excluding carboxylic acids is 2. The molecule has 0 unspecified atom stereocenters. The van der Waals surface area contributed by atoms with Crippen LogP contribution in [-0.2, 0) is 16.2 Å². The smallest absolute Gasteiger partial charge is 0.240 e. The Labute approximate surface area is 208 Å². The van der Waals surface area contributed by atoms with Crippen molar-refractivity contribution in [3.8, 4) is 5.75 Å². The van der Waals surface area contributed by atoms with E-state index in [0.29, 0.717) is 23.1 Å². The zero-order valence-corrected chi connectivity index (χ0v) is 19.7. The third kappa shape index (κ3) is 6.68. The van der Waals surface area contributed by atoms with Crippen molar-refractivity contribution in [2.75, 3.05) is 5.32 Å². The van der Waals surface area contributed by atoms with E-state index in [1.165, 1.54) is 0 Å². The van der Waals surface area contributed by atoms with Gasteiger partial charge in [0, 0.05) is 18.4 Å². The molecule has 0 aromatic heterocycles. The summed E-state index contributed by atoms with van der Waals surface area (Å²) in [6, 6.07) is 28.6. The molecule has 0 spiro atoms. The normalized spacial score (nSPS) is 10.9. The van der Waals surface area contributed by atoms with Gasteiger partial charge in [-0.15, -0.1) is 0 Å². The molecule has 0 radical (unpaired) electrons. The molecule has 0 fully saturated rings. The van der Waals surface area contributed by atoms with Gasteiger partial charge in [-0.05, 0) is 34.5 Å². The highest BCUT2D eigenvalue weighted by Crippen LogP contribution is 2.27. The minimum atomic E-state index is -0.373. The Bertz CT molecular complexity index is 1360. The fourth-order valence-corrected chi connectivity index (χ4v) is 3.68. The van der Waals surface area contributed by atoms with Crippen molar-refractivity contribution < 1.29 is 14.3 Å². The summed E-state index contributed by atoms with van der Waals surface area (Å²) >= 11 is 6.05. The van der Waals surface area contributed by atoms with Crippen LogP contribution in [0.15, 0.2) is 96.1 Å². The van der Waals surface area contributed by atoms with Crippen LogP contribution in [0.3, 0.4) is 0 Å². The first kappa shape index (κ1) is 24.0. The maximum atomic E-state index is 12.3. The van der Waals surface area contributed by atoms with Crippen molar-refractivity contribution in [1.29, 1.82) is 0 Å². The number of nitrogens with one attached hydrogen (secondary N) is 2. The van der Waals surface area contributed by atoms with E-state index in [0.717, 1.165) is 21.9 Å². The molecule has 0 atom stereocenters. The maximum absolute atomic E-state index is 12.3. The van der Waals surface area contributed by atoms with Gasteiger partial charge in [0.2, 0.25) is 11.8 Å². The first-order chi connectivity index (χ1) is 17.1. The van der Waals surface area contributed by atoms with Gasteiger partial charge < -0.3 is 10.1 Å².